The van der Waals surface area contributed by atoms with Crippen molar-refractivity contribution in [1.82, 2.24) is 0 Å². The van der Waals surface area contributed by atoms with E-state index in [1.807, 2.05) is 102 Å². The van der Waals surface area contributed by atoms with E-state index in [1.165, 1.54) is 0 Å². The number of fused-ring (bicyclic) bond motifs is 1. The van der Waals surface area contributed by atoms with E-state index in [4.69, 9.17) is 0 Å². The highest BCUT2D eigenvalue weighted by Crippen LogP contribution is 2.42. The summed E-state index contributed by atoms with van der Waals surface area (Å²) in [5.74, 6) is -0.0240. The van der Waals surface area contributed by atoms with E-state index in [0.29, 0.717) is 12.0 Å². The molecule has 0 unspecified atom stereocenters. The highest BCUT2D eigenvalue weighted by atomic mass is 16.2. The summed E-state index contributed by atoms with van der Waals surface area (Å²) in [5, 5.41) is 0. The number of carbonyl (C=O) groups is 2. The van der Waals surface area contributed by atoms with Crippen molar-refractivity contribution in [3.05, 3.63) is 96.1 Å². The first kappa shape index (κ1) is 18.9. The van der Waals surface area contributed by atoms with Crippen molar-refractivity contribution in [3.63, 3.8) is 0 Å². The van der Waals surface area contributed by atoms with Gasteiger partial charge in [-0.15, -0.1) is 0 Å². The molecule has 146 valence electrons. The van der Waals surface area contributed by atoms with Crippen molar-refractivity contribution in [2.24, 2.45) is 0 Å². The van der Waals surface area contributed by atoms with E-state index in [1.54, 1.807) is 6.92 Å². The van der Waals surface area contributed by atoms with Crippen LogP contribution in [-0.2, 0) is 4.79 Å². The van der Waals surface area contributed by atoms with Crippen molar-refractivity contribution in [2.45, 2.75) is 32.4 Å². The van der Waals surface area contributed by atoms with Gasteiger partial charge in [-0.25, -0.2) is 0 Å². The summed E-state index contributed by atoms with van der Waals surface area (Å²) in [6, 6.07) is 26.9. The van der Waals surface area contributed by atoms with Crippen LogP contribution < -0.4 is 9.80 Å². The van der Waals surface area contributed by atoms with Gasteiger partial charge in [-0.3, -0.25) is 9.59 Å². The number of hydrogen-bond acceptors (Lipinski definition) is 2. The molecular formula is C25H24N2O2. The first-order chi connectivity index (χ1) is 14.1. The number of amides is 2. The highest BCUT2D eigenvalue weighted by molar-refractivity contribution is 6.07. The van der Waals surface area contributed by atoms with Crippen LogP contribution in [-0.4, -0.2) is 17.9 Å². The van der Waals surface area contributed by atoms with Gasteiger partial charge in [0.25, 0.3) is 5.91 Å². The molecule has 4 rings (SSSR count). The topological polar surface area (TPSA) is 40.6 Å². The van der Waals surface area contributed by atoms with Gasteiger partial charge in [0.1, 0.15) is 0 Å². The largest absolute Gasteiger partial charge is 0.309 e. The Kier molecular flexibility index (Phi) is 5.17. The van der Waals surface area contributed by atoms with Crippen molar-refractivity contribution in [2.75, 3.05) is 9.80 Å². The molecule has 2 atom stereocenters. The van der Waals surface area contributed by atoms with Crippen LogP contribution in [0.3, 0.4) is 0 Å². The van der Waals surface area contributed by atoms with E-state index >= 15 is 0 Å². The monoisotopic (exact) mass is 384 g/mol. The Morgan fingerprint density at radius 2 is 1.45 bits per heavy atom. The van der Waals surface area contributed by atoms with Crippen LogP contribution in [0.2, 0.25) is 0 Å². The predicted molar refractivity (Wildman–Crippen MR) is 116 cm³/mol. The lowest BCUT2D eigenvalue weighted by Crippen LogP contribution is -2.47. The van der Waals surface area contributed by atoms with Gasteiger partial charge in [-0.05, 0) is 49.2 Å². The Balaban J connectivity index is 1.86. The summed E-state index contributed by atoms with van der Waals surface area (Å²) < 4.78 is 0. The maximum Gasteiger partial charge on any atom is 0.258 e. The zero-order chi connectivity index (χ0) is 20.4. The van der Waals surface area contributed by atoms with Gasteiger partial charge in [-0.1, -0.05) is 54.6 Å². The molecule has 0 radical (unpaired) electrons. The number of rotatable bonds is 3. The molecule has 1 heterocycles. The van der Waals surface area contributed by atoms with Crippen molar-refractivity contribution < 1.29 is 9.59 Å². The molecule has 2 amide bonds. The van der Waals surface area contributed by atoms with Crippen molar-refractivity contribution >= 4 is 23.2 Å². The van der Waals surface area contributed by atoms with Gasteiger partial charge in [0.2, 0.25) is 5.91 Å². The second-order valence-electron chi connectivity index (χ2n) is 7.43. The number of nitrogens with zero attached hydrogens (tertiary/aromatic N) is 2. The number of benzene rings is 3. The molecule has 0 fully saturated rings. The maximum atomic E-state index is 13.6. The summed E-state index contributed by atoms with van der Waals surface area (Å²) in [6.07, 6.45) is 0.671. The first-order valence-corrected chi connectivity index (χ1v) is 9.90. The number of anilines is 2. The molecule has 0 aromatic heterocycles. The molecule has 3 aromatic carbocycles. The predicted octanol–water partition coefficient (Wildman–Crippen LogP) is 5.22. The molecule has 0 saturated heterocycles. The third kappa shape index (κ3) is 3.54. The number of para-hydroxylation sites is 2. The van der Waals surface area contributed by atoms with E-state index in [-0.39, 0.29) is 23.9 Å². The molecule has 0 bridgehead atoms. The summed E-state index contributed by atoms with van der Waals surface area (Å²) >= 11 is 0. The Labute approximate surface area is 171 Å². The number of carbonyl (C=O) groups excluding carboxylic acids is 2. The van der Waals surface area contributed by atoms with Gasteiger partial charge < -0.3 is 9.80 Å². The van der Waals surface area contributed by atoms with E-state index in [0.717, 1.165) is 16.9 Å². The molecule has 1 aliphatic heterocycles. The maximum absolute atomic E-state index is 13.6. The highest BCUT2D eigenvalue weighted by Gasteiger charge is 2.37. The van der Waals surface area contributed by atoms with Crippen LogP contribution in [0.1, 0.15) is 42.2 Å². The van der Waals surface area contributed by atoms with Gasteiger partial charge in [0.15, 0.2) is 0 Å². The number of hydrogen-bond donors (Lipinski definition) is 0. The fourth-order valence-corrected chi connectivity index (χ4v) is 4.25. The van der Waals surface area contributed by atoms with Gasteiger partial charge in [0.05, 0.1) is 6.04 Å². The van der Waals surface area contributed by atoms with Crippen LogP contribution in [0, 0.1) is 0 Å². The Hall–Kier alpha value is -3.40. The lowest BCUT2D eigenvalue weighted by molar-refractivity contribution is -0.117. The lowest BCUT2D eigenvalue weighted by Gasteiger charge is -2.43. The molecule has 3 aromatic rings. The Morgan fingerprint density at radius 3 is 2.10 bits per heavy atom. The molecular weight excluding hydrogens is 360 g/mol. The Bertz CT molecular complexity index is 1020. The standard InChI is InChI=1S/C25H24N2O2/c1-18-17-24(22-15-9-10-16-23(22)26(18)19(2)28)27(21-13-7-4-8-14-21)25(29)20-11-5-3-6-12-20/h3-16,18,24H,17H2,1-2H3/t18-,24-/m0/s1. The molecule has 0 spiro atoms. The molecule has 4 nitrogen and oxygen atoms in total. The lowest BCUT2D eigenvalue weighted by atomic mass is 9.89. The van der Waals surface area contributed by atoms with Gasteiger partial charge in [0, 0.05) is 29.9 Å². The first-order valence-electron chi connectivity index (χ1n) is 9.90. The van der Waals surface area contributed by atoms with Crippen LogP contribution >= 0.6 is 0 Å². The third-order valence-electron chi connectivity index (χ3n) is 5.49. The molecule has 4 heteroatoms. The minimum atomic E-state index is -0.160. The summed E-state index contributed by atoms with van der Waals surface area (Å²) in [5.41, 5.74) is 3.37. The van der Waals surface area contributed by atoms with Crippen molar-refractivity contribution in [1.29, 1.82) is 0 Å². The average molecular weight is 384 g/mol. The smallest absolute Gasteiger partial charge is 0.258 e. The third-order valence-corrected chi connectivity index (χ3v) is 5.49. The summed E-state index contributed by atoms with van der Waals surface area (Å²) in [4.78, 5) is 29.7. The summed E-state index contributed by atoms with van der Waals surface area (Å²) in [7, 11) is 0. The Morgan fingerprint density at radius 1 is 0.862 bits per heavy atom. The van der Waals surface area contributed by atoms with Gasteiger partial charge in [-0.2, -0.15) is 0 Å². The van der Waals surface area contributed by atoms with Crippen LogP contribution in [0.15, 0.2) is 84.9 Å². The molecule has 0 saturated carbocycles. The average Bonchev–Trinajstić information content (AvgIpc) is 2.75. The van der Waals surface area contributed by atoms with Crippen LogP contribution in [0.4, 0.5) is 11.4 Å². The van der Waals surface area contributed by atoms with Crippen LogP contribution in [0.5, 0.6) is 0 Å². The minimum Gasteiger partial charge on any atom is -0.309 e. The van der Waals surface area contributed by atoms with E-state index in [2.05, 4.69) is 0 Å². The van der Waals surface area contributed by atoms with Crippen LogP contribution in [0.25, 0.3) is 0 Å². The SMILES string of the molecule is CC(=O)N1c2ccccc2[C@@H](N(C(=O)c2ccccc2)c2ccccc2)C[C@@H]1C. The van der Waals surface area contributed by atoms with E-state index < -0.39 is 0 Å². The molecule has 0 aliphatic carbocycles. The second-order valence-corrected chi connectivity index (χ2v) is 7.43. The minimum absolute atomic E-state index is 0.0119. The normalized spacial score (nSPS) is 18.1. The molecule has 1 aliphatic rings. The zero-order valence-electron chi connectivity index (χ0n) is 16.7. The van der Waals surface area contributed by atoms with Crippen molar-refractivity contribution in [3.8, 4) is 0 Å². The second kappa shape index (κ2) is 7.92. The molecule has 29 heavy (non-hydrogen) atoms. The fraction of sp³-hybridized carbons (Fsp3) is 0.200. The molecule has 0 N–H and O–H groups in total. The summed E-state index contributed by atoms with van der Waals surface area (Å²) in [6.45, 7) is 3.64. The quantitative estimate of drug-likeness (QED) is 0.621. The van der Waals surface area contributed by atoms with E-state index in [9.17, 15) is 9.59 Å². The zero-order valence-corrected chi connectivity index (χ0v) is 16.7. The fourth-order valence-electron chi connectivity index (χ4n) is 4.25. The van der Waals surface area contributed by atoms with Gasteiger partial charge >= 0.3 is 0 Å².